The summed E-state index contributed by atoms with van der Waals surface area (Å²) in [7, 11) is 0. The zero-order chi connectivity index (χ0) is 7.72. The normalized spacial score (nSPS) is 18.4. The van der Waals surface area contributed by atoms with E-state index in [0.29, 0.717) is 0 Å². The number of urea groups is 1. The van der Waals surface area contributed by atoms with Gasteiger partial charge < -0.3 is 5.73 Å². The van der Waals surface area contributed by atoms with Gasteiger partial charge in [-0.05, 0) is 0 Å². The number of carbonyl (C=O) groups excluding carboxylic acids is 2. The highest BCUT2D eigenvalue weighted by Gasteiger charge is 2.28. The maximum atomic E-state index is 10.4. The third-order valence-corrected chi connectivity index (χ3v) is 0.928. The van der Waals surface area contributed by atoms with Crippen molar-refractivity contribution in [3.05, 3.63) is 16.8 Å². The number of imide groups is 1. The summed E-state index contributed by atoms with van der Waals surface area (Å²) in [5, 5.41) is 1.74. The Morgan fingerprint density at radius 1 is 1.50 bits per heavy atom. The van der Waals surface area contributed by atoms with Crippen LogP contribution in [0, 0.1) is 4.91 Å². The summed E-state index contributed by atoms with van der Waals surface area (Å²) in [6.07, 6.45) is 0.842. The van der Waals surface area contributed by atoms with Crippen molar-refractivity contribution < 1.29 is 14.3 Å². The van der Waals surface area contributed by atoms with Gasteiger partial charge in [-0.2, -0.15) is 0 Å². The SMILES string of the molecule is NC1=CC(=O)NC(=O)[N+]1=O. The molecule has 0 aliphatic carbocycles. The van der Waals surface area contributed by atoms with Crippen LogP contribution in [0.4, 0.5) is 4.79 Å². The summed E-state index contributed by atoms with van der Waals surface area (Å²) < 4.78 is -0.0958. The smallest absolute Gasteiger partial charge is 0.315 e. The Morgan fingerprint density at radius 3 is 2.60 bits per heavy atom. The molecule has 6 heteroatoms. The van der Waals surface area contributed by atoms with E-state index < -0.39 is 17.8 Å². The van der Waals surface area contributed by atoms with Crippen LogP contribution in [0.1, 0.15) is 0 Å². The monoisotopic (exact) mass is 142 g/mol. The van der Waals surface area contributed by atoms with Gasteiger partial charge in [0, 0.05) is 4.76 Å². The van der Waals surface area contributed by atoms with Crippen molar-refractivity contribution >= 4 is 11.9 Å². The van der Waals surface area contributed by atoms with Gasteiger partial charge in [-0.15, -0.1) is 0 Å². The number of nitrogens with one attached hydrogen (secondary N) is 1. The molecule has 10 heavy (non-hydrogen) atoms. The summed E-state index contributed by atoms with van der Waals surface area (Å²) >= 11 is 0. The van der Waals surface area contributed by atoms with Crippen LogP contribution in [0.3, 0.4) is 0 Å². The molecule has 0 bridgehead atoms. The first-order valence-corrected chi connectivity index (χ1v) is 2.40. The van der Waals surface area contributed by atoms with Crippen LogP contribution in [0.25, 0.3) is 0 Å². The van der Waals surface area contributed by atoms with E-state index in [4.69, 9.17) is 5.73 Å². The van der Waals surface area contributed by atoms with Gasteiger partial charge in [0.05, 0.1) is 6.08 Å². The van der Waals surface area contributed by atoms with E-state index in [1.54, 1.807) is 5.32 Å². The Bertz CT molecular complexity index is 254. The fourth-order valence-electron chi connectivity index (χ4n) is 0.502. The number of carbonyl (C=O) groups is 2. The van der Waals surface area contributed by atoms with Gasteiger partial charge in [-0.1, -0.05) is 4.91 Å². The molecular formula is C4H4N3O3+. The molecular weight excluding hydrogens is 138 g/mol. The number of amides is 3. The van der Waals surface area contributed by atoms with Gasteiger partial charge >= 0.3 is 11.9 Å². The van der Waals surface area contributed by atoms with Crippen molar-refractivity contribution in [3.8, 4) is 0 Å². The predicted molar refractivity (Wildman–Crippen MR) is 29.4 cm³/mol. The zero-order valence-corrected chi connectivity index (χ0v) is 4.83. The lowest BCUT2D eigenvalue weighted by Crippen LogP contribution is -2.41. The lowest BCUT2D eigenvalue weighted by molar-refractivity contribution is -0.399. The molecule has 52 valence electrons. The number of nitroso groups, excluding NO2 is 1. The summed E-state index contributed by atoms with van der Waals surface area (Å²) in [4.78, 5) is 31.2. The van der Waals surface area contributed by atoms with Crippen molar-refractivity contribution in [3.63, 3.8) is 0 Å². The van der Waals surface area contributed by atoms with Crippen molar-refractivity contribution in [2.24, 2.45) is 5.73 Å². The molecule has 0 saturated carbocycles. The molecule has 0 aromatic rings. The molecule has 0 unspecified atom stereocenters. The summed E-state index contributed by atoms with van der Waals surface area (Å²) in [5.41, 5.74) is 4.95. The van der Waals surface area contributed by atoms with E-state index in [0.717, 1.165) is 6.08 Å². The highest BCUT2D eigenvalue weighted by atomic mass is 16.3. The van der Waals surface area contributed by atoms with Crippen LogP contribution >= 0.6 is 0 Å². The molecule has 0 atom stereocenters. The van der Waals surface area contributed by atoms with E-state index in [2.05, 4.69) is 0 Å². The van der Waals surface area contributed by atoms with Gasteiger partial charge in [-0.3, -0.25) is 4.79 Å². The van der Waals surface area contributed by atoms with Gasteiger partial charge in [0.25, 0.3) is 5.82 Å². The van der Waals surface area contributed by atoms with Crippen molar-refractivity contribution in [2.75, 3.05) is 0 Å². The van der Waals surface area contributed by atoms with Crippen molar-refractivity contribution in [1.29, 1.82) is 0 Å². The molecule has 0 fully saturated rings. The molecule has 0 aromatic heterocycles. The average molecular weight is 142 g/mol. The van der Waals surface area contributed by atoms with E-state index in [1.807, 2.05) is 0 Å². The first kappa shape index (κ1) is 6.40. The molecule has 0 spiro atoms. The lowest BCUT2D eigenvalue weighted by atomic mass is 10.4. The van der Waals surface area contributed by atoms with Crippen LogP contribution in [-0.4, -0.2) is 16.7 Å². The Hall–Kier alpha value is -1.72. The molecule has 0 radical (unpaired) electrons. The van der Waals surface area contributed by atoms with Gasteiger partial charge in [0.2, 0.25) is 0 Å². The standard InChI is InChI=1S/C4H3N3O3/c5-2-1-3(8)6-4(9)7(2)10/h1H,(H2-,5,6,8,9)/p+1. The van der Waals surface area contributed by atoms with Gasteiger partial charge in [-0.25, -0.2) is 10.1 Å². The second-order valence-corrected chi connectivity index (χ2v) is 1.66. The van der Waals surface area contributed by atoms with Crippen LogP contribution in [-0.2, 0) is 4.79 Å². The lowest BCUT2D eigenvalue weighted by Gasteiger charge is -1.99. The first-order valence-electron chi connectivity index (χ1n) is 2.40. The van der Waals surface area contributed by atoms with Crippen LogP contribution in [0.2, 0.25) is 0 Å². The number of rotatable bonds is 0. The third-order valence-electron chi connectivity index (χ3n) is 0.928. The first-order chi connectivity index (χ1) is 4.61. The summed E-state index contributed by atoms with van der Waals surface area (Å²) in [5.74, 6) is -1.07. The largest absolute Gasteiger partial charge is 0.484 e. The van der Waals surface area contributed by atoms with Crippen molar-refractivity contribution in [1.82, 2.24) is 5.32 Å². The van der Waals surface area contributed by atoms with Gasteiger partial charge in [0.1, 0.15) is 0 Å². The molecule has 0 saturated heterocycles. The van der Waals surface area contributed by atoms with Crippen LogP contribution in [0.5, 0.6) is 0 Å². The molecule has 1 aliphatic rings. The molecule has 1 heterocycles. The molecule has 6 nitrogen and oxygen atoms in total. The second-order valence-electron chi connectivity index (χ2n) is 1.66. The Kier molecular flexibility index (Phi) is 1.22. The van der Waals surface area contributed by atoms with E-state index >= 15 is 0 Å². The average Bonchev–Trinajstić information content (AvgIpc) is 1.82. The minimum Gasteiger partial charge on any atom is -0.315 e. The Labute approximate surface area is 55.3 Å². The maximum absolute atomic E-state index is 10.4. The zero-order valence-electron chi connectivity index (χ0n) is 4.83. The Balaban J connectivity index is 3.03. The highest BCUT2D eigenvalue weighted by molar-refractivity contribution is 6.00. The number of hydrogen-bond acceptors (Lipinski definition) is 4. The van der Waals surface area contributed by atoms with Crippen LogP contribution < -0.4 is 11.1 Å². The van der Waals surface area contributed by atoms with Crippen molar-refractivity contribution in [2.45, 2.75) is 0 Å². The highest BCUT2D eigenvalue weighted by Crippen LogP contribution is 1.93. The van der Waals surface area contributed by atoms with E-state index in [-0.39, 0.29) is 4.76 Å². The number of nitrogens with two attached hydrogens (primary N) is 1. The van der Waals surface area contributed by atoms with Gasteiger partial charge in [0.15, 0.2) is 0 Å². The summed E-state index contributed by atoms with van der Waals surface area (Å²) in [6.45, 7) is 0. The maximum Gasteiger partial charge on any atom is 0.484 e. The third kappa shape index (κ3) is 0.859. The topological polar surface area (TPSA) is 92.3 Å². The van der Waals surface area contributed by atoms with E-state index in [1.165, 1.54) is 0 Å². The number of nitrogens with zero attached hydrogens (tertiary/aromatic N) is 1. The second kappa shape index (κ2) is 1.90. The Morgan fingerprint density at radius 2 is 2.10 bits per heavy atom. The number of hydrogen-bond donors (Lipinski definition) is 2. The minimum atomic E-state index is -1.05. The van der Waals surface area contributed by atoms with Crippen LogP contribution in [0.15, 0.2) is 11.9 Å². The van der Waals surface area contributed by atoms with E-state index in [9.17, 15) is 14.5 Å². The quantitative estimate of drug-likeness (QED) is 0.416. The fraction of sp³-hybridized carbons (Fsp3) is 0. The predicted octanol–water partition coefficient (Wildman–Crippen LogP) is -1.18. The minimum absolute atomic E-state index is 0.0958. The fourth-order valence-corrected chi connectivity index (χ4v) is 0.502. The molecule has 0 aromatic carbocycles. The molecule has 1 rings (SSSR count). The molecule has 1 aliphatic heterocycles. The summed E-state index contributed by atoms with van der Waals surface area (Å²) in [6, 6.07) is -1.05. The molecule has 3 amide bonds. The molecule has 3 N–H and O–H groups in total.